The summed E-state index contributed by atoms with van der Waals surface area (Å²) in [5.41, 5.74) is 0.883. The van der Waals surface area contributed by atoms with Gasteiger partial charge >= 0.3 is 0 Å². The third-order valence-electron chi connectivity index (χ3n) is 1.42. The van der Waals surface area contributed by atoms with Crippen LogP contribution in [-0.4, -0.2) is 2.63 Å². The first-order valence-electron chi connectivity index (χ1n) is 3.47. The maximum atomic E-state index is 8.36. The van der Waals surface area contributed by atoms with Crippen LogP contribution in [0.15, 0.2) is 24.3 Å². The van der Waals surface area contributed by atoms with Crippen LogP contribution < -0.4 is 4.74 Å². The maximum absolute atomic E-state index is 8.36. The van der Waals surface area contributed by atoms with Crippen molar-refractivity contribution in [3.05, 3.63) is 29.8 Å². The van der Waals surface area contributed by atoms with E-state index in [0.29, 0.717) is 12.3 Å². The van der Waals surface area contributed by atoms with Crippen molar-refractivity contribution < 1.29 is 4.74 Å². The molecule has 0 bridgehead atoms. The number of hydrogen-bond acceptors (Lipinski definition) is 3. The molecule has 0 aromatic heterocycles. The van der Waals surface area contributed by atoms with Crippen LogP contribution in [0.5, 0.6) is 5.75 Å². The van der Waals surface area contributed by atoms with Crippen molar-refractivity contribution in [2.24, 2.45) is 0 Å². The fourth-order valence-electron chi connectivity index (χ4n) is 0.912. The van der Waals surface area contributed by atoms with E-state index in [2.05, 4.69) is 0 Å². The molecular weight excluding hydrogens is 302 g/mol. The van der Waals surface area contributed by atoms with Gasteiger partial charge in [-0.05, 0) is 17.8 Å². The second-order valence-electron chi connectivity index (χ2n) is 2.26. The molecule has 0 aliphatic carbocycles. The van der Waals surface area contributed by atoms with Crippen LogP contribution in [0, 0.1) is 11.5 Å². The van der Waals surface area contributed by atoms with E-state index in [1.165, 1.54) is 2.63 Å². The summed E-state index contributed by atoms with van der Waals surface area (Å²) in [4.78, 5) is 0. The molecule has 0 atom stereocenters. The largest absolute Gasteiger partial charge is 0.388 e. The van der Waals surface area contributed by atoms with Crippen molar-refractivity contribution in [2.75, 3.05) is 0 Å². The lowest BCUT2D eigenvalue weighted by Gasteiger charge is -2.07. The van der Waals surface area contributed by atoms with E-state index in [0.717, 1.165) is 5.56 Å². The molecule has 0 N–H and O–H groups in total. The molecule has 0 radical (unpaired) electrons. The minimum absolute atomic E-state index is 0.528. The number of nitrogens with zero attached hydrogens (tertiary/aromatic N) is 2. The molecule has 1 aromatic carbocycles. The van der Waals surface area contributed by atoms with Crippen LogP contribution in [-0.2, 0) is 6.54 Å². The monoisotopic (exact) mass is 308 g/mol. The van der Waals surface area contributed by atoms with Crippen LogP contribution in [0.2, 0.25) is 0 Å². The molecule has 0 unspecified atom stereocenters. The van der Waals surface area contributed by atoms with Gasteiger partial charge in [-0.15, -0.1) is 5.26 Å². The highest BCUT2D eigenvalue weighted by molar-refractivity contribution is 14.1. The number of ether oxygens (including phenoxy) is 1. The summed E-state index contributed by atoms with van der Waals surface area (Å²) in [6.07, 6.45) is 1.63. The number of hydrogen-bond donors (Lipinski definition) is 0. The van der Waals surface area contributed by atoms with Gasteiger partial charge in [-0.3, -0.25) is 0 Å². The summed E-state index contributed by atoms with van der Waals surface area (Å²) in [6, 6.07) is 7.27. The van der Waals surface area contributed by atoms with Crippen LogP contribution in [0.25, 0.3) is 0 Å². The molecule has 3 nitrogen and oxygen atoms in total. The number of halogens is 2. The molecule has 0 saturated heterocycles. The maximum Gasteiger partial charge on any atom is 0.292 e. The SMILES string of the molecule is N#COc1ccccc1CN(Cl)I. The normalized spacial score (nSPS) is 9.69. The minimum atomic E-state index is 0.528. The van der Waals surface area contributed by atoms with Crippen molar-refractivity contribution in [2.45, 2.75) is 6.54 Å². The van der Waals surface area contributed by atoms with Gasteiger partial charge in [0, 0.05) is 28.4 Å². The number of para-hydroxylation sites is 1. The zero-order chi connectivity index (χ0) is 9.68. The fraction of sp³-hybridized carbons (Fsp3) is 0.125. The van der Waals surface area contributed by atoms with Gasteiger partial charge in [-0.2, -0.15) is 2.63 Å². The molecule has 13 heavy (non-hydrogen) atoms. The zero-order valence-electron chi connectivity index (χ0n) is 6.58. The third kappa shape index (κ3) is 3.38. The van der Waals surface area contributed by atoms with E-state index >= 15 is 0 Å². The highest BCUT2D eigenvalue weighted by Gasteiger charge is 2.05. The Kier molecular flexibility index (Phi) is 4.28. The summed E-state index contributed by atoms with van der Waals surface area (Å²) in [5.74, 6) is 0.548. The van der Waals surface area contributed by atoms with Crippen molar-refractivity contribution in [1.29, 1.82) is 5.26 Å². The molecule has 0 spiro atoms. The lowest BCUT2D eigenvalue weighted by molar-refractivity contribution is 0.496. The Balaban J connectivity index is 2.85. The summed E-state index contributed by atoms with van der Waals surface area (Å²) in [5, 5.41) is 8.36. The highest BCUT2D eigenvalue weighted by Crippen LogP contribution is 2.21. The van der Waals surface area contributed by atoms with E-state index in [1.807, 2.05) is 41.1 Å². The Hall–Kier alpha value is -0.510. The topological polar surface area (TPSA) is 36.3 Å². The summed E-state index contributed by atoms with van der Waals surface area (Å²) < 4.78 is 6.22. The number of benzene rings is 1. The molecule has 5 heteroatoms. The van der Waals surface area contributed by atoms with Gasteiger partial charge in [-0.25, -0.2) is 0 Å². The summed E-state index contributed by atoms with van der Waals surface area (Å²) in [7, 11) is 0. The lowest BCUT2D eigenvalue weighted by atomic mass is 10.2. The first-order valence-corrected chi connectivity index (χ1v) is 4.77. The average Bonchev–Trinajstić information content (AvgIpc) is 2.08. The summed E-state index contributed by atoms with van der Waals surface area (Å²) >= 11 is 7.62. The summed E-state index contributed by atoms with van der Waals surface area (Å²) in [6.45, 7) is 0.528. The molecule has 0 saturated carbocycles. The van der Waals surface area contributed by atoms with E-state index in [1.54, 1.807) is 12.3 Å². The smallest absolute Gasteiger partial charge is 0.292 e. The first-order chi connectivity index (χ1) is 6.24. The predicted octanol–water partition coefficient (Wildman–Crippen LogP) is 2.85. The van der Waals surface area contributed by atoms with Gasteiger partial charge < -0.3 is 4.74 Å². The van der Waals surface area contributed by atoms with Crippen LogP contribution in [0.1, 0.15) is 5.56 Å². The Morgan fingerprint density at radius 1 is 1.54 bits per heavy atom. The standard InChI is InChI=1S/C8H6ClIN2O/c9-12(10)5-7-3-1-2-4-8(7)13-6-11/h1-4H,5H2. The average molecular weight is 309 g/mol. The van der Waals surface area contributed by atoms with Crippen molar-refractivity contribution in [3.63, 3.8) is 0 Å². The van der Waals surface area contributed by atoms with Crippen LogP contribution >= 0.6 is 34.6 Å². The van der Waals surface area contributed by atoms with Crippen molar-refractivity contribution >= 4 is 34.6 Å². The van der Waals surface area contributed by atoms with E-state index in [9.17, 15) is 0 Å². The Morgan fingerprint density at radius 2 is 2.23 bits per heavy atom. The molecule has 68 valence electrons. The van der Waals surface area contributed by atoms with Gasteiger partial charge in [0.05, 0.1) is 6.54 Å². The number of nitriles is 1. The molecule has 0 amide bonds. The lowest BCUT2D eigenvalue weighted by Crippen LogP contribution is -1.99. The molecular formula is C8H6ClIN2O. The zero-order valence-corrected chi connectivity index (χ0v) is 9.49. The minimum Gasteiger partial charge on any atom is -0.388 e. The van der Waals surface area contributed by atoms with Crippen molar-refractivity contribution in [3.8, 4) is 12.0 Å². The molecule has 0 aliphatic heterocycles. The van der Waals surface area contributed by atoms with E-state index in [4.69, 9.17) is 21.8 Å². The molecule has 0 aliphatic rings. The first kappa shape index (κ1) is 10.6. The van der Waals surface area contributed by atoms with Gasteiger partial charge in [0.15, 0.2) is 0 Å². The second-order valence-corrected chi connectivity index (χ2v) is 4.41. The molecule has 0 fully saturated rings. The van der Waals surface area contributed by atoms with Gasteiger partial charge in [0.25, 0.3) is 6.26 Å². The van der Waals surface area contributed by atoms with Gasteiger partial charge in [0.2, 0.25) is 0 Å². The van der Waals surface area contributed by atoms with Crippen LogP contribution in [0.4, 0.5) is 0 Å². The Morgan fingerprint density at radius 3 is 2.85 bits per heavy atom. The predicted molar refractivity (Wildman–Crippen MR) is 58.1 cm³/mol. The quantitative estimate of drug-likeness (QED) is 0.489. The van der Waals surface area contributed by atoms with Gasteiger partial charge in [0.1, 0.15) is 5.75 Å². The fourth-order valence-corrected chi connectivity index (χ4v) is 1.41. The molecule has 1 rings (SSSR count). The molecule has 0 heterocycles. The highest BCUT2D eigenvalue weighted by atomic mass is 127. The Labute approximate surface area is 95.5 Å². The van der Waals surface area contributed by atoms with E-state index < -0.39 is 0 Å². The van der Waals surface area contributed by atoms with Crippen LogP contribution in [0.3, 0.4) is 0 Å². The second kappa shape index (κ2) is 5.27. The Bertz CT molecular complexity index is 324. The van der Waals surface area contributed by atoms with Crippen molar-refractivity contribution in [1.82, 2.24) is 2.63 Å². The van der Waals surface area contributed by atoms with Gasteiger partial charge in [-0.1, -0.05) is 18.2 Å². The third-order valence-corrected chi connectivity index (χ3v) is 1.88. The number of rotatable bonds is 3. The molecule has 1 aromatic rings. The van der Waals surface area contributed by atoms with E-state index in [-0.39, 0.29) is 0 Å².